The number of rotatable bonds is 12. The highest BCUT2D eigenvalue weighted by atomic mass is 79.9. The summed E-state index contributed by atoms with van der Waals surface area (Å²) in [5.41, 5.74) is 0. The van der Waals surface area contributed by atoms with Crippen molar-refractivity contribution in [3.05, 3.63) is 0 Å². The molecule has 0 heterocycles. The van der Waals surface area contributed by atoms with Crippen LogP contribution >= 0.6 is 44.2 Å². The van der Waals surface area contributed by atoms with E-state index in [1.54, 1.807) is 0 Å². The lowest BCUT2D eigenvalue weighted by atomic mass is 10.1. The molecule has 0 fully saturated rings. The molecule has 0 N–H and O–H groups in total. The molecule has 0 aliphatic heterocycles. The monoisotopic (exact) mass is 432 g/mol. The van der Waals surface area contributed by atoms with E-state index in [0.717, 1.165) is 11.8 Å². The van der Waals surface area contributed by atoms with Crippen LogP contribution in [0.5, 0.6) is 0 Å². The second-order valence-corrected chi connectivity index (χ2v) is 16.2. The fourth-order valence-corrected chi connectivity index (χ4v) is 14.7. The Hall–Kier alpha value is 1.82. The van der Waals surface area contributed by atoms with Gasteiger partial charge in [-0.05, 0) is 50.2 Å². The first-order valence-corrected chi connectivity index (χ1v) is 15.2. The molecule has 0 rings (SSSR count). The smallest absolute Gasteiger partial charge is 0.00764 e. The van der Waals surface area contributed by atoms with E-state index >= 15 is 0 Å². The highest BCUT2D eigenvalue weighted by molar-refractivity contribution is 9.42. The molecule has 116 valence electrons. The van der Waals surface area contributed by atoms with Gasteiger partial charge in [0.1, 0.15) is 0 Å². The van der Waals surface area contributed by atoms with Crippen molar-refractivity contribution in [3.8, 4) is 0 Å². The van der Waals surface area contributed by atoms with Crippen LogP contribution in [0.1, 0.15) is 66.2 Å². The van der Waals surface area contributed by atoms with Crippen molar-refractivity contribution in [1.82, 2.24) is 0 Å². The van der Waals surface area contributed by atoms with E-state index in [2.05, 4.69) is 58.7 Å². The lowest BCUT2D eigenvalue weighted by Crippen LogP contribution is -1.91. The lowest BCUT2D eigenvalue weighted by molar-refractivity contribution is 0.551. The third-order valence-corrected chi connectivity index (χ3v) is 13.4. The molecule has 0 spiro atoms. The highest BCUT2D eigenvalue weighted by Gasteiger charge is 2.11. The Bertz CT molecular complexity index is 179. The fraction of sp³-hybridized carbons (Fsp3) is 1.00. The summed E-state index contributed by atoms with van der Waals surface area (Å²) in [5, 5.41) is 0. The van der Waals surface area contributed by atoms with E-state index in [9.17, 15) is 0 Å². The summed E-state index contributed by atoms with van der Waals surface area (Å²) in [6.45, 7) is 9.52. The molecule has 0 bridgehead atoms. The van der Waals surface area contributed by atoms with Gasteiger partial charge in [0.05, 0.1) is 0 Å². The van der Waals surface area contributed by atoms with Gasteiger partial charge in [-0.15, -0.1) is 0 Å². The minimum atomic E-state index is 0.110. The van der Waals surface area contributed by atoms with Gasteiger partial charge in [0.15, 0.2) is 0 Å². The number of halogens is 2. The molecule has 0 aliphatic rings. The molecule has 0 saturated heterocycles. The van der Waals surface area contributed by atoms with E-state index in [-0.39, 0.29) is 13.2 Å². The lowest BCUT2D eigenvalue weighted by Gasteiger charge is -2.15. The maximum atomic E-state index is 3.93. The summed E-state index contributed by atoms with van der Waals surface area (Å²) in [6, 6.07) is 0. The van der Waals surface area contributed by atoms with Crippen LogP contribution in [0.25, 0.3) is 0 Å². The van der Waals surface area contributed by atoms with E-state index in [4.69, 9.17) is 0 Å². The summed E-state index contributed by atoms with van der Waals surface area (Å²) in [6.07, 6.45) is 11.3. The Morgan fingerprint density at radius 3 is 1.37 bits per heavy atom. The highest BCUT2D eigenvalue weighted by Crippen LogP contribution is 2.60. The van der Waals surface area contributed by atoms with Crippen LogP contribution in [0.4, 0.5) is 0 Å². The van der Waals surface area contributed by atoms with Gasteiger partial charge >= 0.3 is 0 Å². The van der Waals surface area contributed by atoms with E-state index in [1.165, 1.54) is 56.8 Å². The quantitative estimate of drug-likeness (QED) is 0.215. The Morgan fingerprint density at radius 2 is 1.05 bits per heavy atom. The van der Waals surface area contributed by atoms with Crippen LogP contribution in [0.3, 0.4) is 0 Å². The third kappa shape index (κ3) is 16.0. The molecule has 0 aromatic carbocycles. The van der Waals surface area contributed by atoms with Crippen LogP contribution < -0.4 is 0 Å². The number of unbranched alkanes of at least 4 members (excludes halogenated alkanes) is 2. The molecule has 0 aromatic rings. The summed E-state index contributed by atoms with van der Waals surface area (Å²) in [7, 11) is 0. The SMILES string of the molecule is CC(C)CCCCP(Br)CP(Br)CCCCC(C)C. The van der Waals surface area contributed by atoms with Gasteiger partial charge < -0.3 is 0 Å². The van der Waals surface area contributed by atoms with Crippen molar-refractivity contribution >= 4 is 44.2 Å². The predicted molar refractivity (Wildman–Crippen MR) is 104 cm³/mol. The number of hydrogen-bond acceptors (Lipinski definition) is 0. The van der Waals surface area contributed by atoms with Gasteiger partial charge in [-0.25, -0.2) is 0 Å². The van der Waals surface area contributed by atoms with E-state index in [0.29, 0.717) is 0 Å². The topological polar surface area (TPSA) is 0 Å². The largest absolute Gasteiger partial charge is 0.0628 e. The molecule has 0 aliphatic carbocycles. The standard InChI is InChI=1S/C15H32Br2P2/c1-14(2)9-5-7-11-18(16)13-19(17)12-8-6-10-15(3)4/h14-15H,5-13H2,1-4H3. The number of hydrogen-bond donors (Lipinski definition) is 0. The second-order valence-electron chi connectivity index (χ2n) is 6.29. The van der Waals surface area contributed by atoms with Gasteiger partial charge in [-0.1, -0.05) is 84.4 Å². The van der Waals surface area contributed by atoms with Crippen molar-refractivity contribution in [2.75, 3.05) is 18.2 Å². The average Bonchev–Trinajstić information content (AvgIpc) is 2.30. The summed E-state index contributed by atoms with van der Waals surface area (Å²) in [4.78, 5) is 0. The minimum Gasteiger partial charge on any atom is -0.0628 e. The predicted octanol–water partition coefficient (Wildman–Crippen LogP) is 8.18. The van der Waals surface area contributed by atoms with Crippen LogP contribution in [0.2, 0.25) is 0 Å². The molecule has 2 atom stereocenters. The first-order valence-electron chi connectivity index (χ1n) is 7.73. The molecule has 2 unspecified atom stereocenters. The fourth-order valence-electron chi connectivity index (χ4n) is 1.98. The molecule has 0 amide bonds. The van der Waals surface area contributed by atoms with Gasteiger partial charge in [-0.3, -0.25) is 0 Å². The second kappa shape index (κ2) is 13.5. The van der Waals surface area contributed by atoms with Crippen molar-refractivity contribution < 1.29 is 0 Å². The first kappa shape index (κ1) is 20.8. The summed E-state index contributed by atoms with van der Waals surface area (Å²) in [5.74, 6) is 3.15. The van der Waals surface area contributed by atoms with Gasteiger partial charge in [-0.2, -0.15) is 0 Å². The average molecular weight is 434 g/mol. The zero-order valence-electron chi connectivity index (χ0n) is 13.2. The Labute approximate surface area is 140 Å². The summed E-state index contributed by atoms with van der Waals surface area (Å²) < 4.78 is 0. The molecule has 0 radical (unpaired) electrons. The van der Waals surface area contributed by atoms with Crippen molar-refractivity contribution in [2.24, 2.45) is 11.8 Å². The third-order valence-electron chi connectivity index (χ3n) is 3.17. The van der Waals surface area contributed by atoms with Gasteiger partial charge in [0.25, 0.3) is 0 Å². The van der Waals surface area contributed by atoms with Crippen molar-refractivity contribution in [2.45, 2.75) is 66.2 Å². The maximum Gasteiger partial charge on any atom is 0.00764 e. The summed E-state index contributed by atoms with van der Waals surface area (Å²) >= 11 is 7.86. The van der Waals surface area contributed by atoms with Crippen molar-refractivity contribution in [1.29, 1.82) is 0 Å². The Morgan fingerprint density at radius 1 is 0.684 bits per heavy atom. The molecular formula is C15H32Br2P2. The zero-order chi connectivity index (χ0) is 14.7. The van der Waals surface area contributed by atoms with E-state index < -0.39 is 0 Å². The van der Waals surface area contributed by atoms with Crippen LogP contribution in [-0.2, 0) is 0 Å². The molecule has 4 heteroatoms. The van der Waals surface area contributed by atoms with Crippen LogP contribution in [0.15, 0.2) is 0 Å². The van der Waals surface area contributed by atoms with Crippen molar-refractivity contribution in [3.63, 3.8) is 0 Å². The van der Waals surface area contributed by atoms with Gasteiger partial charge in [0.2, 0.25) is 0 Å². The molecule has 19 heavy (non-hydrogen) atoms. The zero-order valence-corrected chi connectivity index (χ0v) is 18.1. The molecule has 0 saturated carbocycles. The molecular weight excluding hydrogens is 402 g/mol. The maximum absolute atomic E-state index is 3.93. The van der Waals surface area contributed by atoms with Crippen LogP contribution in [-0.4, -0.2) is 18.2 Å². The normalized spacial score (nSPS) is 15.2. The molecule has 0 nitrogen and oxygen atoms in total. The Kier molecular flexibility index (Phi) is 14.8. The van der Waals surface area contributed by atoms with Gasteiger partial charge in [0, 0.05) is 5.90 Å². The van der Waals surface area contributed by atoms with Crippen LogP contribution in [0, 0.1) is 11.8 Å². The minimum absolute atomic E-state index is 0.110. The molecule has 0 aromatic heterocycles. The first-order chi connectivity index (χ1) is 8.91. The Balaban J connectivity index is 3.44. The van der Waals surface area contributed by atoms with E-state index in [1.807, 2.05) is 0 Å².